The molecule has 0 aliphatic carbocycles. The van der Waals surface area contributed by atoms with Gasteiger partial charge in [-0.1, -0.05) is 43.4 Å². The normalized spacial score (nSPS) is 10.8. The third kappa shape index (κ3) is 3.67. The van der Waals surface area contributed by atoms with Crippen molar-refractivity contribution in [3.63, 3.8) is 0 Å². The second-order valence-corrected chi connectivity index (χ2v) is 6.48. The number of hydrogen-bond donors (Lipinski definition) is 1. The first-order valence-corrected chi connectivity index (χ1v) is 7.88. The van der Waals surface area contributed by atoms with E-state index in [9.17, 15) is 0 Å². The summed E-state index contributed by atoms with van der Waals surface area (Å²) < 4.78 is 5.37. The number of hydrogen-bond acceptors (Lipinski definition) is 5. The van der Waals surface area contributed by atoms with Crippen LogP contribution >= 0.6 is 11.3 Å². The molecule has 0 fully saturated rings. The van der Waals surface area contributed by atoms with E-state index in [0.29, 0.717) is 11.8 Å². The molecule has 0 atom stereocenters. The van der Waals surface area contributed by atoms with Gasteiger partial charge in [-0.05, 0) is 17.5 Å². The van der Waals surface area contributed by atoms with Crippen LogP contribution in [-0.4, -0.2) is 26.2 Å². The summed E-state index contributed by atoms with van der Waals surface area (Å²) in [6.07, 6.45) is 0. The van der Waals surface area contributed by atoms with Crippen molar-refractivity contribution in [2.45, 2.75) is 26.3 Å². The summed E-state index contributed by atoms with van der Waals surface area (Å²) in [5.41, 5.74) is 2.50. The SMILES string of the molecule is COc1nc(N(C)C)sc1CNc1ccccc1C(C)C. The van der Waals surface area contributed by atoms with E-state index in [1.54, 1.807) is 18.4 Å². The molecule has 0 saturated heterocycles. The molecule has 0 bridgehead atoms. The standard InChI is InChI=1S/C16H23N3OS/c1-11(2)12-8-6-7-9-13(12)17-10-14-15(20-5)18-16(21-14)19(3)4/h6-9,11,17H,10H2,1-5H3. The van der Waals surface area contributed by atoms with Crippen LogP contribution in [0.5, 0.6) is 5.88 Å². The van der Waals surface area contributed by atoms with Crippen LogP contribution in [-0.2, 0) is 6.54 Å². The van der Waals surface area contributed by atoms with Gasteiger partial charge in [-0.3, -0.25) is 0 Å². The van der Waals surface area contributed by atoms with Gasteiger partial charge in [0.05, 0.1) is 18.5 Å². The van der Waals surface area contributed by atoms with Crippen molar-refractivity contribution in [2.24, 2.45) is 0 Å². The van der Waals surface area contributed by atoms with Crippen LogP contribution in [0.15, 0.2) is 24.3 Å². The Labute approximate surface area is 130 Å². The Balaban J connectivity index is 2.17. The minimum atomic E-state index is 0.495. The topological polar surface area (TPSA) is 37.4 Å². The number of nitrogens with zero attached hydrogens (tertiary/aromatic N) is 2. The molecule has 21 heavy (non-hydrogen) atoms. The largest absolute Gasteiger partial charge is 0.480 e. The molecule has 4 nitrogen and oxygen atoms in total. The summed E-state index contributed by atoms with van der Waals surface area (Å²) in [6, 6.07) is 8.43. The molecule has 0 amide bonds. The van der Waals surface area contributed by atoms with Gasteiger partial charge in [0.1, 0.15) is 0 Å². The van der Waals surface area contributed by atoms with Crippen molar-refractivity contribution in [2.75, 3.05) is 31.4 Å². The first kappa shape index (κ1) is 15.6. The molecule has 2 aromatic rings. The maximum atomic E-state index is 5.37. The Bertz CT molecular complexity index is 593. The van der Waals surface area contributed by atoms with E-state index in [1.807, 2.05) is 19.0 Å². The molecule has 1 N–H and O–H groups in total. The quantitative estimate of drug-likeness (QED) is 0.877. The van der Waals surface area contributed by atoms with Gasteiger partial charge >= 0.3 is 0 Å². The van der Waals surface area contributed by atoms with Crippen molar-refractivity contribution in [1.82, 2.24) is 4.98 Å². The summed E-state index contributed by atoms with van der Waals surface area (Å²) in [7, 11) is 5.65. The zero-order chi connectivity index (χ0) is 15.4. The lowest BCUT2D eigenvalue weighted by Gasteiger charge is -2.14. The monoisotopic (exact) mass is 305 g/mol. The summed E-state index contributed by atoms with van der Waals surface area (Å²) in [6.45, 7) is 5.13. The lowest BCUT2D eigenvalue weighted by molar-refractivity contribution is 0.397. The average molecular weight is 305 g/mol. The minimum Gasteiger partial charge on any atom is -0.480 e. The molecule has 0 aliphatic heterocycles. The summed E-state index contributed by atoms with van der Waals surface area (Å²) in [5, 5.41) is 4.47. The van der Waals surface area contributed by atoms with Gasteiger partial charge < -0.3 is 15.0 Å². The predicted octanol–water partition coefficient (Wildman–Crippen LogP) is 3.95. The van der Waals surface area contributed by atoms with Crippen molar-refractivity contribution in [3.05, 3.63) is 34.7 Å². The molecule has 114 valence electrons. The molecule has 0 unspecified atom stereocenters. The fraction of sp³-hybridized carbons (Fsp3) is 0.438. The number of para-hydroxylation sites is 1. The van der Waals surface area contributed by atoms with Crippen molar-refractivity contribution < 1.29 is 4.74 Å². The van der Waals surface area contributed by atoms with Gasteiger partial charge in [0, 0.05) is 19.8 Å². The Kier molecular flexibility index (Phi) is 5.07. The lowest BCUT2D eigenvalue weighted by Crippen LogP contribution is -2.07. The lowest BCUT2D eigenvalue weighted by atomic mass is 10.0. The molecule has 0 spiro atoms. The fourth-order valence-electron chi connectivity index (χ4n) is 2.13. The van der Waals surface area contributed by atoms with E-state index in [4.69, 9.17) is 4.74 Å². The number of rotatable bonds is 6. The number of nitrogens with one attached hydrogen (secondary N) is 1. The van der Waals surface area contributed by atoms with Crippen LogP contribution < -0.4 is 15.0 Å². The number of aromatic nitrogens is 1. The van der Waals surface area contributed by atoms with E-state index in [0.717, 1.165) is 16.6 Å². The fourth-order valence-corrected chi connectivity index (χ4v) is 3.02. The average Bonchev–Trinajstić information content (AvgIpc) is 2.88. The summed E-state index contributed by atoms with van der Waals surface area (Å²) in [5.74, 6) is 1.20. The molecule has 5 heteroatoms. The number of thiazole rings is 1. The van der Waals surface area contributed by atoms with Gasteiger partial charge in [0.15, 0.2) is 5.13 Å². The van der Waals surface area contributed by atoms with Crippen LogP contribution in [0.1, 0.15) is 30.2 Å². The first-order chi connectivity index (χ1) is 10.0. The van der Waals surface area contributed by atoms with Gasteiger partial charge in [-0.2, -0.15) is 4.98 Å². The van der Waals surface area contributed by atoms with Crippen LogP contribution in [0.4, 0.5) is 10.8 Å². The predicted molar refractivity (Wildman–Crippen MR) is 90.9 cm³/mol. The number of benzene rings is 1. The van der Waals surface area contributed by atoms with Crippen LogP contribution in [0, 0.1) is 0 Å². The van der Waals surface area contributed by atoms with E-state index < -0.39 is 0 Å². The van der Waals surface area contributed by atoms with Gasteiger partial charge in [0.2, 0.25) is 5.88 Å². The number of methoxy groups -OCH3 is 1. The highest BCUT2D eigenvalue weighted by Crippen LogP contribution is 2.32. The molecule has 1 aromatic heterocycles. The van der Waals surface area contributed by atoms with Crippen molar-refractivity contribution in [1.29, 1.82) is 0 Å². The van der Waals surface area contributed by atoms with E-state index in [2.05, 4.69) is 48.4 Å². The Morgan fingerprint density at radius 3 is 2.62 bits per heavy atom. The molecule has 1 aromatic carbocycles. The minimum absolute atomic E-state index is 0.495. The highest BCUT2D eigenvalue weighted by atomic mass is 32.1. The highest BCUT2D eigenvalue weighted by Gasteiger charge is 2.13. The Hall–Kier alpha value is -1.75. The maximum Gasteiger partial charge on any atom is 0.231 e. The Morgan fingerprint density at radius 2 is 2.00 bits per heavy atom. The van der Waals surface area contributed by atoms with Crippen molar-refractivity contribution >= 4 is 22.2 Å². The molecule has 0 saturated carbocycles. The summed E-state index contributed by atoms with van der Waals surface area (Å²) >= 11 is 1.65. The maximum absolute atomic E-state index is 5.37. The zero-order valence-corrected chi connectivity index (χ0v) is 14.1. The molecule has 1 heterocycles. The van der Waals surface area contributed by atoms with Gasteiger partial charge in [0.25, 0.3) is 0 Å². The second kappa shape index (κ2) is 6.80. The number of ether oxygens (including phenoxy) is 1. The Morgan fingerprint density at radius 1 is 1.29 bits per heavy atom. The van der Waals surface area contributed by atoms with Gasteiger partial charge in [-0.25, -0.2) is 0 Å². The van der Waals surface area contributed by atoms with E-state index >= 15 is 0 Å². The third-order valence-electron chi connectivity index (χ3n) is 3.25. The molecule has 2 rings (SSSR count). The molecule has 0 aliphatic rings. The number of anilines is 2. The van der Waals surface area contributed by atoms with E-state index in [-0.39, 0.29) is 0 Å². The van der Waals surface area contributed by atoms with Gasteiger partial charge in [-0.15, -0.1) is 0 Å². The smallest absolute Gasteiger partial charge is 0.231 e. The highest BCUT2D eigenvalue weighted by molar-refractivity contribution is 7.15. The van der Waals surface area contributed by atoms with Crippen LogP contribution in [0.3, 0.4) is 0 Å². The zero-order valence-electron chi connectivity index (χ0n) is 13.3. The first-order valence-electron chi connectivity index (χ1n) is 7.06. The molecular weight excluding hydrogens is 282 g/mol. The molecule has 0 radical (unpaired) electrons. The second-order valence-electron chi connectivity index (χ2n) is 5.42. The van der Waals surface area contributed by atoms with Crippen molar-refractivity contribution in [3.8, 4) is 5.88 Å². The summed E-state index contributed by atoms with van der Waals surface area (Å²) in [4.78, 5) is 7.59. The van der Waals surface area contributed by atoms with Crippen LogP contribution in [0.2, 0.25) is 0 Å². The van der Waals surface area contributed by atoms with E-state index in [1.165, 1.54) is 11.3 Å². The molecular formula is C16H23N3OS. The third-order valence-corrected chi connectivity index (χ3v) is 4.45. The van der Waals surface area contributed by atoms with Crippen LogP contribution in [0.25, 0.3) is 0 Å².